The molecule has 49 heavy (non-hydrogen) atoms. The van der Waals surface area contributed by atoms with Crippen LogP contribution in [0.5, 0.6) is 17.2 Å². The normalized spacial score (nSPS) is 15.7. The lowest BCUT2D eigenvalue weighted by Gasteiger charge is -2.29. The fourth-order valence-corrected chi connectivity index (χ4v) is 6.73. The molecule has 1 unspecified atom stereocenters. The fraction of sp³-hybridized carbons (Fsp3) is 0.314. The number of hydrogen-bond donors (Lipinski definition) is 2. The molecule has 1 fully saturated rings. The molecular weight excluding hydrogens is 668 g/mol. The average Bonchev–Trinajstić information content (AvgIpc) is 3.53. The summed E-state index contributed by atoms with van der Waals surface area (Å²) in [6.07, 6.45) is 0. The van der Waals surface area contributed by atoms with Crippen molar-refractivity contribution in [3.05, 3.63) is 94.1 Å². The molecule has 0 radical (unpaired) electrons. The van der Waals surface area contributed by atoms with E-state index in [1.165, 1.54) is 11.8 Å². The van der Waals surface area contributed by atoms with E-state index >= 15 is 0 Å². The molecule has 4 aromatic rings. The highest BCUT2D eigenvalue weighted by Gasteiger charge is 2.35. The van der Waals surface area contributed by atoms with Crippen LogP contribution in [0.4, 0.5) is 11.6 Å². The largest absolute Gasteiger partial charge is 0.495 e. The molecule has 1 atom stereocenters. The van der Waals surface area contributed by atoms with Crippen LogP contribution in [0.2, 0.25) is 5.02 Å². The molecule has 14 heteroatoms. The minimum atomic E-state index is -0.698. The van der Waals surface area contributed by atoms with Gasteiger partial charge in [0.25, 0.3) is 11.8 Å². The van der Waals surface area contributed by atoms with Gasteiger partial charge in [-0.2, -0.15) is 4.98 Å². The van der Waals surface area contributed by atoms with Crippen molar-refractivity contribution < 1.29 is 28.5 Å². The van der Waals surface area contributed by atoms with Gasteiger partial charge in [-0.15, -0.1) is 5.10 Å². The van der Waals surface area contributed by atoms with Gasteiger partial charge in [0.15, 0.2) is 18.1 Å². The zero-order chi connectivity index (χ0) is 34.3. The van der Waals surface area contributed by atoms with E-state index in [2.05, 4.69) is 10.6 Å². The van der Waals surface area contributed by atoms with Gasteiger partial charge in [0, 0.05) is 29.6 Å². The first-order valence-corrected chi connectivity index (χ1v) is 17.2. The molecule has 2 N–H and O–H groups in total. The van der Waals surface area contributed by atoms with Crippen molar-refractivity contribution in [2.24, 2.45) is 0 Å². The topological polar surface area (TPSA) is 129 Å². The third kappa shape index (κ3) is 7.79. The maximum Gasteiger partial charge on any atom is 0.260 e. The third-order valence-corrected chi connectivity index (χ3v) is 9.30. The van der Waals surface area contributed by atoms with Crippen molar-refractivity contribution in [2.75, 3.05) is 57.3 Å². The highest BCUT2D eigenvalue weighted by molar-refractivity contribution is 7.98. The summed E-state index contributed by atoms with van der Waals surface area (Å²) in [5.74, 6) is 1.94. The van der Waals surface area contributed by atoms with E-state index in [0.717, 1.165) is 5.56 Å². The molecule has 256 valence electrons. The number of anilines is 2. The van der Waals surface area contributed by atoms with Crippen molar-refractivity contribution in [1.29, 1.82) is 0 Å². The molecule has 2 amide bonds. The molecule has 2 aliphatic rings. The monoisotopic (exact) mass is 704 g/mol. The summed E-state index contributed by atoms with van der Waals surface area (Å²) in [6, 6.07) is 19.6. The van der Waals surface area contributed by atoms with Gasteiger partial charge in [0.05, 0.1) is 38.2 Å². The number of methoxy groups -OCH3 is 1. The van der Waals surface area contributed by atoms with E-state index in [1.807, 2.05) is 62.4 Å². The first-order chi connectivity index (χ1) is 23.9. The Bertz CT molecular complexity index is 1860. The summed E-state index contributed by atoms with van der Waals surface area (Å²) in [7, 11) is 1.55. The number of thioether (sulfide) groups is 1. The molecule has 12 nitrogen and oxygen atoms in total. The van der Waals surface area contributed by atoms with Crippen molar-refractivity contribution in [1.82, 2.24) is 19.7 Å². The van der Waals surface area contributed by atoms with Crippen LogP contribution in [0.1, 0.15) is 31.0 Å². The Hall–Kier alpha value is -4.72. The van der Waals surface area contributed by atoms with Gasteiger partial charge < -0.3 is 34.5 Å². The van der Waals surface area contributed by atoms with Crippen molar-refractivity contribution in [3.8, 4) is 17.2 Å². The summed E-state index contributed by atoms with van der Waals surface area (Å²) in [4.78, 5) is 33.5. The Morgan fingerprint density at radius 1 is 1.04 bits per heavy atom. The quantitative estimate of drug-likeness (QED) is 0.175. The number of fused-ring (bicyclic) bond motifs is 1. The van der Waals surface area contributed by atoms with E-state index < -0.39 is 6.04 Å². The summed E-state index contributed by atoms with van der Waals surface area (Å²) in [6.45, 7) is 5.98. The first-order valence-electron chi connectivity index (χ1n) is 15.9. The number of hydrogen-bond acceptors (Lipinski definition) is 10. The standard InChI is InChI=1S/C35H37ClN6O6S/c1-4-47-29-19-23(13-14-28(29)48-20-30(43)41-15-17-46-18-16-41)32-31(33(44)38-26-11-7-8-12-27(26)45-3)22(2)37-34-39-35(40-42(32)34)49-21-24-9-5-6-10-25(24)36/h5-14,19,32H,4,15-18,20-21H2,1-3H3,(H,38,44)(H,37,39,40). The van der Waals surface area contributed by atoms with Crippen molar-refractivity contribution in [2.45, 2.75) is 30.8 Å². The number of nitrogens with one attached hydrogen (secondary N) is 2. The molecule has 6 rings (SSSR count). The van der Waals surface area contributed by atoms with Gasteiger partial charge in [-0.25, -0.2) is 4.68 Å². The van der Waals surface area contributed by atoms with Crippen LogP contribution in [0, 0.1) is 0 Å². The lowest BCUT2D eigenvalue weighted by molar-refractivity contribution is -0.137. The summed E-state index contributed by atoms with van der Waals surface area (Å²) >= 11 is 7.85. The zero-order valence-corrected chi connectivity index (χ0v) is 29.0. The van der Waals surface area contributed by atoms with Crippen LogP contribution in [-0.4, -0.2) is 78.1 Å². The maximum atomic E-state index is 14.1. The van der Waals surface area contributed by atoms with Gasteiger partial charge in [-0.05, 0) is 55.3 Å². The van der Waals surface area contributed by atoms with E-state index in [0.29, 0.717) is 94.6 Å². The molecule has 0 bridgehead atoms. The van der Waals surface area contributed by atoms with E-state index in [-0.39, 0.29) is 18.4 Å². The molecule has 2 aliphatic heterocycles. The predicted octanol–water partition coefficient (Wildman–Crippen LogP) is 5.80. The Balaban J connectivity index is 1.34. The Morgan fingerprint density at radius 2 is 1.82 bits per heavy atom. The molecule has 1 saturated heterocycles. The number of para-hydroxylation sites is 2. The van der Waals surface area contributed by atoms with E-state index in [1.54, 1.807) is 34.9 Å². The number of rotatable bonds is 12. The molecule has 3 heterocycles. The highest BCUT2D eigenvalue weighted by atomic mass is 35.5. The number of carbonyl (C=O) groups is 2. The summed E-state index contributed by atoms with van der Waals surface area (Å²) in [5.41, 5.74) is 3.22. The van der Waals surface area contributed by atoms with Gasteiger partial charge in [-0.1, -0.05) is 59.8 Å². The molecule has 0 spiro atoms. The second-order valence-corrected chi connectivity index (χ2v) is 12.5. The van der Waals surface area contributed by atoms with Crippen molar-refractivity contribution in [3.63, 3.8) is 0 Å². The second kappa shape index (κ2) is 15.7. The average molecular weight is 705 g/mol. The number of benzene rings is 3. The number of allylic oxidation sites excluding steroid dienone is 1. The number of aromatic nitrogens is 3. The van der Waals surface area contributed by atoms with Gasteiger partial charge in [0.1, 0.15) is 11.8 Å². The van der Waals surface area contributed by atoms with Crippen LogP contribution in [0.15, 0.2) is 83.2 Å². The Kier molecular flexibility index (Phi) is 10.9. The number of morpholine rings is 1. The Morgan fingerprint density at radius 3 is 2.59 bits per heavy atom. The third-order valence-electron chi connectivity index (χ3n) is 8.05. The number of amides is 2. The van der Waals surface area contributed by atoms with Crippen LogP contribution >= 0.6 is 23.4 Å². The number of halogens is 1. The van der Waals surface area contributed by atoms with Crippen LogP contribution < -0.4 is 24.8 Å². The summed E-state index contributed by atoms with van der Waals surface area (Å²) < 4.78 is 24.5. The predicted molar refractivity (Wildman–Crippen MR) is 188 cm³/mol. The smallest absolute Gasteiger partial charge is 0.260 e. The Labute approximate surface area is 293 Å². The SMILES string of the molecule is CCOc1cc(C2C(C(=O)Nc3ccccc3OC)=C(C)Nc3nc(SCc4ccccc4Cl)nn32)ccc1OCC(=O)N1CCOCC1. The number of nitrogens with zero attached hydrogens (tertiary/aromatic N) is 4. The lowest BCUT2D eigenvalue weighted by Crippen LogP contribution is -2.43. The number of carbonyl (C=O) groups excluding carboxylic acids is 2. The molecule has 0 saturated carbocycles. The van der Waals surface area contributed by atoms with Gasteiger partial charge in [0.2, 0.25) is 11.1 Å². The van der Waals surface area contributed by atoms with Crippen LogP contribution in [-0.2, 0) is 20.1 Å². The first kappa shape index (κ1) is 34.2. The molecule has 1 aromatic heterocycles. The molecule has 3 aromatic carbocycles. The zero-order valence-electron chi connectivity index (χ0n) is 27.4. The second-order valence-electron chi connectivity index (χ2n) is 11.2. The maximum absolute atomic E-state index is 14.1. The van der Waals surface area contributed by atoms with Crippen LogP contribution in [0.3, 0.4) is 0 Å². The van der Waals surface area contributed by atoms with Crippen molar-refractivity contribution >= 4 is 46.8 Å². The van der Waals surface area contributed by atoms with E-state index in [4.69, 9.17) is 40.6 Å². The van der Waals surface area contributed by atoms with Crippen LogP contribution in [0.25, 0.3) is 0 Å². The summed E-state index contributed by atoms with van der Waals surface area (Å²) in [5, 5.41) is 12.3. The minimum Gasteiger partial charge on any atom is -0.495 e. The molecule has 0 aliphatic carbocycles. The minimum absolute atomic E-state index is 0.129. The fourth-order valence-electron chi connectivity index (χ4n) is 5.62. The van der Waals surface area contributed by atoms with Gasteiger partial charge >= 0.3 is 0 Å². The lowest BCUT2D eigenvalue weighted by atomic mass is 9.94. The number of ether oxygens (including phenoxy) is 4. The molecular formula is C35H37ClN6O6S. The van der Waals surface area contributed by atoms with Gasteiger partial charge in [-0.3, -0.25) is 9.59 Å². The van der Waals surface area contributed by atoms with E-state index in [9.17, 15) is 9.59 Å². The highest BCUT2D eigenvalue weighted by Crippen LogP contribution is 2.41.